The monoisotopic (exact) mass is 382 g/mol. The largest absolute Gasteiger partial charge is 0.354 e. The summed E-state index contributed by atoms with van der Waals surface area (Å²) in [5.74, 6) is 0.0315. The molecule has 1 aromatic heterocycles. The van der Waals surface area contributed by atoms with Crippen LogP contribution in [0.2, 0.25) is 5.02 Å². The predicted octanol–water partition coefficient (Wildman–Crippen LogP) is 2.52. The summed E-state index contributed by atoms with van der Waals surface area (Å²) in [5.41, 5.74) is 0.667. The Hall–Kier alpha value is -2.06. The molecule has 1 unspecified atom stereocenters. The second-order valence-corrected chi connectivity index (χ2v) is 8.33. The summed E-state index contributed by atoms with van der Waals surface area (Å²) in [7, 11) is -3.66. The summed E-state index contributed by atoms with van der Waals surface area (Å²) >= 11 is 5.93. The SMILES string of the molecule is C=NCc1cncc(N2CCC(S(=O)(=O)c3ccc(F)cc3Cl)C2)n1. The van der Waals surface area contributed by atoms with Crippen molar-refractivity contribution < 1.29 is 12.8 Å². The molecule has 1 atom stereocenters. The highest BCUT2D eigenvalue weighted by Gasteiger charge is 2.36. The average Bonchev–Trinajstić information content (AvgIpc) is 3.06. The van der Waals surface area contributed by atoms with Gasteiger partial charge in [0.15, 0.2) is 9.84 Å². The van der Waals surface area contributed by atoms with Gasteiger partial charge in [-0.15, -0.1) is 0 Å². The molecule has 0 aliphatic carbocycles. The Labute approximate surface area is 150 Å². The van der Waals surface area contributed by atoms with Gasteiger partial charge in [-0.3, -0.25) is 9.98 Å². The van der Waals surface area contributed by atoms with E-state index < -0.39 is 20.9 Å². The molecule has 0 spiro atoms. The fourth-order valence-electron chi connectivity index (χ4n) is 2.81. The summed E-state index contributed by atoms with van der Waals surface area (Å²) in [4.78, 5) is 14.1. The number of benzene rings is 1. The zero-order valence-electron chi connectivity index (χ0n) is 13.3. The first-order valence-corrected chi connectivity index (χ1v) is 9.51. The van der Waals surface area contributed by atoms with Crippen LogP contribution in [0.3, 0.4) is 0 Å². The van der Waals surface area contributed by atoms with Gasteiger partial charge in [0.25, 0.3) is 0 Å². The van der Waals surface area contributed by atoms with E-state index in [1.165, 1.54) is 6.07 Å². The average molecular weight is 383 g/mol. The van der Waals surface area contributed by atoms with Crippen LogP contribution >= 0.6 is 11.6 Å². The molecule has 1 saturated heterocycles. The minimum absolute atomic E-state index is 0.0434. The molecule has 132 valence electrons. The van der Waals surface area contributed by atoms with E-state index in [-0.39, 0.29) is 16.5 Å². The lowest BCUT2D eigenvalue weighted by molar-refractivity contribution is 0.582. The molecule has 1 fully saturated rings. The van der Waals surface area contributed by atoms with Crippen LogP contribution in [0.15, 0.2) is 40.5 Å². The first-order valence-electron chi connectivity index (χ1n) is 7.59. The van der Waals surface area contributed by atoms with Crippen LogP contribution in [-0.2, 0) is 16.4 Å². The van der Waals surface area contributed by atoms with Crippen molar-refractivity contribution in [3.63, 3.8) is 0 Å². The molecule has 1 aromatic carbocycles. The quantitative estimate of drug-likeness (QED) is 0.586. The zero-order valence-corrected chi connectivity index (χ0v) is 14.8. The number of halogens is 2. The summed E-state index contributed by atoms with van der Waals surface area (Å²) in [5, 5.41) is -0.740. The van der Waals surface area contributed by atoms with Crippen LogP contribution in [0.1, 0.15) is 12.1 Å². The first kappa shape index (κ1) is 17.8. The summed E-state index contributed by atoms with van der Waals surface area (Å²) in [6.07, 6.45) is 3.62. The zero-order chi connectivity index (χ0) is 18.0. The Balaban J connectivity index is 1.82. The Kier molecular flexibility index (Phi) is 5.01. The standard InChI is InChI=1S/C16H16ClFN4O2S/c1-19-7-12-8-20-9-16(21-12)22-5-4-13(10-22)25(23,24)15-3-2-11(18)6-14(15)17/h2-3,6,8-9,13H,1,4-5,7,10H2. The van der Waals surface area contributed by atoms with E-state index >= 15 is 0 Å². The molecule has 0 saturated carbocycles. The number of sulfone groups is 1. The third-order valence-electron chi connectivity index (χ3n) is 4.05. The van der Waals surface area contributed by atoms with Crippen molar-refractivity contribution in [2.24, 2.45) is 4.99 Å². The van der Waals surface area contributed by atoms with Gasteiger partial charge >= 0.3 is 0 Å². The fraction of sp³-hybridized carbons (Fsp3) is 0.312. The maximum atomic E-state index is 13.2. The molecular weight excluding hydrogens is 367 g/mol. The van der Waals surface area contributed by atoms with Gasteiger partial charge in [-0.05, 0) is 31.3 Å². The predicted molar refractivity (Wildman–Crippen MR) is 94.5 cm³/mol. The van der Waals surface area contributed by atoms with Crippen LogP contribution in [0.4, 0.5) is 10.2 Å². The maximum Gasteiger partial charge on any atom is 0.184 e. The summed E-state index contributed by atoms with van der Waals surface area (Å²) in [6, 6.07) is 3.33. The van der Waals surface area contributed by atoms with Crippen molar-refractivity contribution in [3.8, 4) is 0 Å². The normalized spacial score (nSPS) is 17.7. The summed E-state index contributed by atoms with van der Waals surface area (Å²) < 4.78 is 38.8. The van der Waals surface area contributed by atoms with E-state index in [9.17, 15) is 12.8 Å². The molecule has 25 heavy (non-hydrogen) atoms. The van der Waals surface area contributed by atoms with Gasteiger partial charge in [0.1, 0.15) is 11.6 Å². The van der Waals surface area contributed by atoms with Gasteiger partial charge in [0.2, 0.25) is 0 Å². The van der Waals surface area contributed by atoms with Gasteiger partial charge in [-0.2, -0.15) is 0 Å². The van der Waals surface area contributed by atoms with Gasteiger partial charge in [-0.1, -0.05) is 11.6 Å². The highest BCUT2D eigenvalue weighted by molar-refractivity contribution is 7.92. The number of rotatable bonds is 5. The third-order valence-corrected chi connectivity index (χ3v) is 6.71. The molecule has 0 amide bonds. The van der Waals surface area contributed by atoms with Crippen LogP contribution in [0, 0.1) is 5.82 Å². The van der Waals surface area contributed by atoms with Crippen molar-refractivity contribution in [1.82, 2.24) is 9.97 Å². The Morgan fingerprint density at radius 2 is 2.20 bits per heavy atom. The lowest BCUT2D eigenvalue weighted by Crippen LogP contribution is -2.28. The third kappa shape index (κ3) is 3.64. The molecule has 3 rings (SSSR count). The molecule has 0 N–H and O–H groups in total. The van der Waals surface area contributed by atoms with Crippen molar-refractivity contribution in [1.29, 1.82) is 0 Å². The first-order chi connectivity index (χ1) is 11.9. The smallest absolute Gasteiger partial charge is 0.184 e. The highest BCUT2D eigenvalue weighted by Crippen LogP contribution is 2.30. The molecule has 1 aliphatic heterocycles. The van der Waals surface area contributed by atoms with Gasteiger partial charge in [0, 0.05) is 13.1 Å². The second-order valence-electron chi connectivity index (χ2n) is 5.73. The lowest BCUT2D eigenvalue weighted by Gasteiger charge is -2.18. The van der Waals surface area contributed by atoms with Crippen LogP contribution in [-0.4, -0.2) is 43.4 Å². The number of aromatic nitrogens is 2. The van der Waals surface area contributed by atoms with Crippen molar-refractivity contribution in [2.75, 3.05) is 18.0 Å². The van der Waals surface area contributed by atoms with Crippen molar-refractivity contribution in [2.45, 2.75) is 23.1 Å². The topological polar surface area (TPSA) is 75.5 Å². The van der Waals surface area contributed by atoms with E-state index in [1.54, 1.807) is 12.4 Å². The van der Waals surface area contributed by atoms with Crippen molar-refractivity contribution >= 4 is 34.0 Å². The van der Waals surface area contributed by atoms with E-state index in [0.717, 1.165) is 12.1 Å². The fourth-order valence-corrected chi connectivity index (χ4v) is 5.04. The molecule has 9 heteroatoms. The second kappa shape index (κ2) is 7.05. The molecular formula is C16H16ClFN4O2S. The Morgan fingerprint density at radius 1 is 1.40 bits per heavy atom. The van der Waals surface area contributed by atoms with Gasteiger partial charge in [0.05, 0.1) is 39.8 Å². The lowest BCUT2D eigenvalue weighted by atomic mass is 10.3. The number of nitrogens with zero attached hydrogens (tertiary/aromatic N) is 4. The minimum Gasteiger partial charge on any atom is -0.354 e. The van der Waals surface area contributed by atoms with Gasteiger partial charge < -0.3 is 4.90 Å². The van der Waals surface area contributed by atoms with Crippen LogP contribution in [0.25, 0.3) is 0 Å². The minimum atomic E-state index is -3.66. The van der Waals surface area contributed by atoms with Crippen LogP contribution in [0.5, 0.6) is 0 Å². The molecule has 0 bridgehead atoms. The molecule has 0 radical (unpaired) electrons. The highest BCUT2D eigenvalue weighted by atomic mass is 35.5. The molecule has 2 heterocycles. The molecule has 6 nitrogen and oxygen atoms in total. The molecule has 2 aromatic rings. The Bertz CT molecular complexity index is 907. The maximum absolute atomic E-state index is 13.2. The van der Waals surface area contributed by atoms with Crippen LogP contribution < -0.4 is 4.90 Å². The summed E-state index contributed by atoms with van der Waals surface area (Å²) in [6.45, 7) is 4.58. The number of aliphatic imine (C=N–C) groups is 1. The van der Waals surface area contributed by atoms with E-state index in [4.69, 9.17) is 11.6 Å². The molecule has 1 aliphatic rings. The van der Waals surface area contributed by atoms with E-state index in [0.29, 0.717) is 31.0 Å². The number of hydrogen-bond donors (Lipinski definition) is 0. The number of hydrogen-bond acceptors (Lipinski definition) is 6. The van der Waals surface area contributed by atoms with E-state index in [1.807, 2.05) is 4.90 Å². The van der Waals surface area contributed by atoms with Crippen molar-refractivity contribution in [3.05, 3.63) is 47.1 Å². The van der Waals surface area contributed by atoms with E-state index in [2.05, 4.69) is 21.7 Å². The number of anilines is 1. The Morgan fingerprint density at radius 3 is 2.92 bits per heavy atom. The van der Waals surface area contributed by atoms with Gasteiger partial charge in [-0.25, -0.2) is 17.8 Å².